The van der Waals surface area contributed by atoms with Gasteiger partial charge in [0.1, 0.15) is 12.7 Å². The van der Waals surface area contributed by atoms with Crippen LogP contribution in [0.25, 0.3) is 0 Å². The number of piperidine rings is 1. The Labute approximate surface area is 156 Å². The monoisotopic (exact) mass is 374 g/mol. The molecule has 0 aliphatic carbocycles. The molecule has 2 fully saturated rings. The van der Waals surface area contributed by atoms with E-state index >= 15 is 0 Å². The fourth-order valence-electron chi connectivity index (χ4n) is 4.06. The highest BCUT2D eigenvalue weighted by molar-refractivity contribution is 6.05. The molecule has 3 heterocycles. The Bertz CT molecular complexity index is 791. The van der Waals surface area contributed by atoms with Crippen molar-refractivity contribution in [2.75, 3.05) is 19.8 Å². The van der Waals surface area contributed by atoms with Crippen molar-refractivity contribution < 1.29 is 18.8 Å². The number of halogens is 1. The minimum atomic E-state index is -0.608. The molecule has 3 aliphatic heterocycles. The Morgan fingerprint density at radius 3 is 2.85 bits per heavy atom. The second-order valence-corrected chi connectivity index (χ2v) is 7.59. The summed E-state index contributed by atoms with van der Waals surface area (Å²) in [6, 6.07) is 5.04. The normalized spacial score (nSPS) is 27.8. The van der Waals surface area contributed by atoms with Crippen molar-refractivity contribution in [2.24, 2.45) is 0 Å². The van der Waals surface area contributed by atoms with E-state index in [1.165, 1.54) is 4.90 Å². The van der Waals surface area contributed by atoms with Crippen LogP contribution in [0.4, 0.5) is 4.39 Å². The fraction of sp³-hybridized carbons (Fsp3) is 0.526. The number of hydrogen-bond acceptors (Lipinski definition) is 5. The van der Waals surface area contributed by atoms with Crippen molar-refractivity contribution in [1.29, 1.82) is 0 Å². The first-order valence-electron chi connectivity index (χ1n) is 9.29. The molecular weight excluding hydrogens is 351 g/mol. The Kier molecular flexibility index (Phi) is 4.69. The van der Waals surface area contributed by atoms with Gasteiger partial charge in [0.15, 0.2) is 0 Å². The van der Waals surface area contributed by atoms with E-state index in [0.717, 1.165) is 24.1 Å². The maximum Gasteiger partial charge on any atom is 0.255 e. The van der Waals surface area contributed by atoms with Crippen molar-refractivity contribution in [3.05, 3.63) is 34.9 Å². The van der Waals surface area contributed by atoms with Crippen LogP contribution in [0.1, 0.15) is 40.7 Å². The van der Waals surface area contributed by atoms with Gasteiger partial charge in [-0.15, -0.1) is 0 Å². The highest BCUT2D eigenvalue weighted by Gasteiger charge is 2.39. The Morgan fingerprint density at radius 2 is 2.15 bits per heavy atom. The summed E-state index contributed by atoms with van der Waals surface area (Å²) in [5.74, 6) is -0.894. The number of rotatable bonds is 5. The first-order valence-corrected chi connectivity index (χ1v) is 9.29. The van der Waals surface area contributed by atoms with Gasteiger partial charge in [0.25, 0.3) is 5.91 Å². The molecule has 7 nitrogen and oxygen atoms in total. The second kappa shape index (κ2) is 7.01. The lowest BCUT2D eigenvalue weighted by molar-refractivity contribution is -0.136. The molecule has 3 amide bonds. The quantitative estimate of drug-likeness (QED) is 0.643. The number of imide groups is 1. The van der Waals surface area contributed by atoms with E-state index in [0.29, 0.717) is 31.6 Å². The first kappa shape index (κ1) is 18.1. The molecule has 8 heteroatoms. The van der Waals surface area contributed by atoms with Gasteiger partial charge in [-0.05, 0) is 36.6 Å². The van der Waals surface area contributed by atoms with Gasteiger partial charge in [0, 0.05) is 31.6 Å². The smallest absolute Gasteiger partial charge is 0.255 e. The molecule has 2 saturated heterocycles. The standard InChI is InChI=1S/C19H23FN4O3/c20-10-19(5-6-21-11-19)22-8-12-1-2-13-9-24(18(27)14(13)7-12)15-3-4-16(25)23-17(15)26/h1-2,7,15,21-22H,3-6,8-11H2,(H,23,25,26). The van der Waals surface area contributed by atoms with Crippen molar-refractivity contribution in [2.45, 2.75) is 43.9 Å². The zero-order chi connectivity index (χ0) is 19.0. The zero-order valence-electron chi connectivity index (χ0n) is 15.0. The van der Waals surface area contributed by atoms with E-state index in [9.17, 15) is 18.8 Å². The van der Waals surface area contributed by atoms with E-state index < -0.39 is 24.2 Å². The average Bonchev–Trinajstić information content (AvgIpc) is 3.26. The summed E-state index contributed by atoms with van der Waals surface area (Å²) in [4.78, 5) is 37.8. The van der Waals surface area contributed by atoms with E-state index in [1.807, 2.05) is 18.2 Å². The van der Waals surface area contributed by atoms with Gasteiger partial charge < -0.3 is 15.5 Å². The van der Waals surface area contributed by atoms with Gasteiger partial charge in [0.2, 0.25) is 11.8 Å². The van der Waals surface area contributed by atoms with Crippen molar-refractivity contribution in [1.82, 2.24) is 20.9 Å². The van der Waals surface area contributed by atoms with Crippen molar-refractivity contribution in [3.63, 3.8) is 0 Å². The summed E-state index contributed by atoms with van der Waals surface area (Å²) >= 11 is 0. The van der Waals surface area contributed by atoms with Crippen LogP contribution in [0, 0.1) is 0 Å². The molecular formula is C19H23FN4O3. The minimum absolute atomic E-state index is 0.191. The van der Waals surface area contributed by atoms with E-state index in [2.05, 4.69) is 16.0 Å². The molecule has 0 radical (unpaired) electrons. The number of benzene rings is 1. The summed E-state index contributed by atoms with van der Waals surface area (Å²) in [6.45, 7) is 1.79. The van der Waals surface area contributed by atoms with Crippen LogP contribution in [0.15, 0.2) is 18.2 Å². The minimum Gasteiger partial charge on any atom is -0.322 e. The number of carbonyl (C=O) groups excluding carboxylic acids is 3. The third-order valence-electron chi connectivity index (χ3n) is 5.76. The van der Waals surface area contributed by atoms with Crippen LogP contribution in [-0.2, 0) is 22.7 Å². The molecule has 3 aliphatic rings. The lowest BCUT2D eigenvalue weighted by Crippen LogP contribution is -2.52. The molecule has 4 rings (SSSR count). The van der Waals surface area contributed by atoms with Crippen molar-refractivity contribution in [3.8, 4) is 0 Å². The van der Waals surface area contributed by atoms with Crippen LogP contribution in [-0.4, -0.2) is 54.0 Å². The molecule has 1 aromatic carbocycles. The van der Waals surface area contributed by atoms with Gasteiger partial charge in [0.05, 0.1) is 5.54 Å². The number of hydrogen-bond donors (Lipinski definition) is 3. The second-order valence-electron chi connectivity index (χ2n) is 7.59. The summed E-state index contributed by atoms with van der Waals surface area (Å²) in [6.07, 6.45) is 1.33. The van der Waals surface area contributed by atoms with Crippen LogP contribution < -0.4 is 16.0 Å². The van der Waals surface area contributed by atoms with Crippen molar-refractivity contribution >= 4 is 17.7 Å². The summed E-state index contributed by atoms with van der Waals surface area (Å²) in [7, 11) is 0. The van der Waals surface area contributed by atoms with E-state index in [1.54, 1.807) is 0 Å². The fourth-order valence-corrected chi connectivity index (χ4v) is 4.06. The maximum atomic E-state index is 13.4. The molecule has 3 N–H and O–H groups in total. The van der Waals surface area contributed by atoms with Gasteiger partial charge in [-0.1, -0.05) is 12.1 Å². The van der Waals surface area contributed by atoms with Crippen LogP contribution in [0.5, 0.6) is 0 Å². The van der Waals surface area contributed by atoms with E-state index in [-0.39, 0.29) is 18.2 Å². The zero-order valence-corrected chi connectivity index (χ0v) is 15.0. The lowest BCUT2D eigenvalue weighted by atomic mass is 9.99. The molecule has 2 unspecified atom stereocenters. The molecule has 0 saturated carbocycles. The number of alkyl halides is 1. The first-order chi connectivity index (χ1) is 13.0. The Balaban J connectivity index is 1.46. The predicted octanol–water partition coefficient (Wildman–Crippen LogP) is 0.239. The molecule has 0 spiro atoms. The SMILES string of the molecule is O=C1CCC(N2Cc3ccc(CNC4(CF)CCNC4)cc3C2=O)C(=O)N1. The lowest BCUT2D eigenvalue weighted by Gasteiger charge is -2.29. The summed E-state index contributed by atoms with van der Waals surface area (Å²) < 4.78 is 13.4. The number of nitrogens with one attached hydrogen (secondary N) is 3. The van der Waals surface area contributed by atoms with Crippen LogP contribution in [0.3, 0.4) is 0 Å². The van der Waals surface area contributed by atoms with Gasteiger partial charge in [-0.3, -0.25) is 19.7 Å². The number of fused-ring (bicyclic) bond motifs is 1. The summed E-state index contributed by atoms with van der Waals surface area (Å²) in [5.41, 5.74) is 1.82. The van der Waals surface area contributed by atoms with Crippen LogP contribution in [0.2, 0.25) is 0 Å². The molecule has 27 heavy (non-hydrogen) atoms. The molecule has 144 valence electrons. The third kappa shape index (κ3) is 3.35. The van der Waals surface area contributed by atoms with E-state index in [4.69, 9.17) is 0 Å². The van der Waals surface area contributed by atoms with Crippen LogP contribution >= 0.6 is 0 Å². The Hall–Kier alpha value is -2.32. The van der Waals surface area contributed by atoms with Gasteiger partial charge in [-0.2, -0.15) is 0 Å². The number of amides is 3. The largest absolute Gasteiger partial charge is 0.322 e. The molecule has 0 bridgehead atoms. The predicted molar refractivity (Wildman–Crippen MR) is 95.5 cm³/mol. The molecule has 2 atom stereocenters. The van der Waals surface area contributed by atoms with Gasteiger partial charge >= 0.3 is 0 Å². The number of carbonyl (C=O) groups is 3. The number of nitrogens with zero attached hydrogens (tertiary/aromatic N) is 1. The topological polar surface area (TPSA) is 90.5 Å². The molecule has 1 aromatic rings. The van der Waals surface area contributed by atoms with Gasteiger partial charge in [-0.25, -0.2) is 4.39 Å². The maximum absolute atomic E-state index is 13.4. The Morgan fingerprint density at radius 1 is 1.30 bits per heavy atom. The highest BCUT2D eigenvalue weighted by atomic mass is 19.1. The third-order valence-corrected chi connectivity index (χ3v) is 5.76. The average molecular weight is 374 g/mol. The summed E-state index contributed by atoms with van der Waals surface area (Å²) in [5, 5.41) is 8.77. The molecule has 0 aromatic heterocycles. The highest BCUT2D eigenvalue weighted by Crippen LogP contribution is 2.28.